The Morgan fingerprint density at radius 2 is 2.29 bits per heavy atom. The van der Waals surface area contributed by atoms with E-state index < -0.39 is 11.0 Å². The fourth-order valence-corrected chi connectivity index (χ4v) is 1.94. The number of nitrogens with zero attached hydrogens (tertiary/aromatic N) is 4. The number of aromatic nitrogens is 2. The summed E-state index contributed by atoms with van der Waals surface area (Å²) in [7, 11) is 0. The van der Waals surface area contributed by atoms with Crippen LogP contribution in [0.2, 0.25) is 0 Å². The van der Waals surface area contributed by atoms with Crippen molar-refractivity contribution in [2.24, 2.45) is 0 Å². The Hall–Kier alpha value is -1.96. The van der Waals surface area contributed by atoms with E-state index in [0.717, 1.165) is 0 Å². The highest BCUT2D eigenvalue weighted by atomic mass is 16.6. The molecule has 92 valence electrons. The first-order chi connectivity index (χ1) is 7.99. The Morgan fingerprint density at radius 1 is 1.59 bits per heavy atom. The molecule has 3 N–H and O–H groups in total. The Morgan fingerprint density at radius 3 is 2.82 bits per heavy atom. The number of anilines is 2. The van der Waals surface area contributed by atoms with Gasteiger partial charge in [-0.1, -0.05) is 0 Å². The maximum atomic E-state index is 11.0. The molecule has 0 bridgehead atoms. The summed E-state index contributed by atoms with van der Waals surface area (Å²) in [6, 6.07) is 0. The van der Waals surface area contributed by atoms with Gasteiger partial charge >= 0.3 is 5.69 Å². The van der Waals surface area contributed by atoms with E-state index in [1.54, 1.807) is 4.90 Å². The van der Waals surface area contributed by atoms with Crippen molar-refractivity contribution in [1.29, 1.82) is 0 Å². The fraction of sp³-hybridized carbons (Fsp3) is 0.556. The summed E-state index contributed by atoms with van der Waals surface area (Å²) < 4.78 is 0. The lowest BCUT2D eigenvalue weighted by Gasteiger charge is -2.17. The molecule has 0 saturated carbocycles. The zero-order chi connectivity index (χ0) is 12.6. The van der Waals surface area contributed by atoms with Crippen LogP contribution in [-0.4, -0.2) is 39.2 Å². The zero-order valence-electron chi connectivity index (χ0n) is 9.33. The van der Waals surface area contributed by atoms with Crippen molar-refractivity contribution in [3.05, 3.63) is 15.8 Å². The van der Waals surface area contributed by atoms with Gasteiger partial charge in [-0.15, -0.1) is 0 Å². The Balaban J connectivity index is 2.47. The van der Waals surface area contributed by atoms with E-state index in [2.05, 4.69) is 9.97 Å². The van der Waals surface area contributed by atoms with Gasteiger partial charge in [-0.3, -0.25) is 10.1 Å². The standard InChI is InChI=1S/C9H13N5O3/c1-5-7(14(16)17)8(12-9(10)11-5)13-3-2-6(15)4-13/h6,15H,2-4H2,1H3,(H2,10,11,12). The summed E-state index contributed by atoms with van der Waals surface area (Å²) in [6.45, 7) is 2.38. The van der Waals surface area contributed by atoms with E-state index in [0.29, 0.717) is 19.5 Å². The number of aryl methyl sites for hydroxylation is 1. The SMILES string of the molecule is Cc1nc(N)nc(N2CCC(O)C2)c1[N+](=O)[O-]. The molecular weight excluding hydrogens is 226 g/mol. The van der Waals surface area contributed by atoms with Crippen molar-refractivity contribution < 1.29 is 10.0 Å². The number of nitro groups is 1. The number of hydrogen-bond donors (Lipinski definition) is 2. The first-order valence-corrected chi connectivity index (χ1v) is 5.20. The molecule has 0 aromatic carbocycles. The molecule has 1 unspecified atom stereocenters. The van der Waals surface area contributed by atoms with Gasteiger partial charge in [0, 0.05) is 13.1 Å². The summed E-state index contributed by atoms with van der Waals surface area (Å²) in [6.07, 6.45) is 0.0891. The van der Waals surface area contributed by atoms with Gasteiger partial charge in [-0.2, -0.15) is 4.98 Å². The van der Waals surface area contributed by atoms with Gasteiger partial charge in [0.05, 0.1) is 11.0 Å². The predicted octanol–water partition coefficient (Wildman–Crippen LogP) is -0.154. The molecule has 1 aliphatic rings. The maximum absolute atomic E-state index is 11.0. The number of nitrogen functional groups attached to an aromatic ring is 1. The van der Waals surface area contributed by atoms with Gasteiger partial charge < -0.3 is 15.7 Å². The minimum absolute atomic E-state index is 0.00416. The molecule has 17 heavy (non-hydrogen) atoms. The molecule has 1 fully saturated rings. The van der Waals surface area contributed by atoms with Crippen LogP contribution in [-0.2, 0) is 0 Å². The number of β-amino-alcohol motifs (C(OH)–C–C–N with tert-alkyl or cyclic N) is 1. The highest BCUT2D eigenvalue weighted by Crippen LogP contribution is 2.31. The average molecular weight is 239 g/mol. The number of rotatable bonds is 2. The summed E-state index contributed by atoms with van der Waals surface area (Å²) in [5, 5.41) is 20.4. The third kappa shape index (κ3) is 2.11. The summed E-state index contributed by atoms with van der Waals surface area (Å²) in [5.74, 6) is 0.195. The lowest BCUT2D eigenvalue weighted by atomic mass is 10.3. The van der Waals surface area contributed by atoms with Crippen LogP contribution in [0.1, 0.15) is 12.1 Å². The minimum atomic E-state index is -0.519. The van der Waals surface area contributed by atoms with E-state index in [1.807, 2.05) is 0 Å². The monoisotopic (exact) mass is 239 g/mol. The molecule has 1 saturated heterocycles. The quantitative estimate of drug-likeness (QED) is 0.544. The fourth-order valence-electron chi connectivity index (χ4n) is 1.94. The minimum Gasteiger partial charge on any atom is -0.391 e. The number of aliphatic hydroxyl groups is 1. The highest BCUT2D eigenvalue weighted by Gasteiger charge is 2.30. The molecule has 1 aromatic rings. The third-order valence-corrected chi connectivity index (χ3v) is 2.70. The van der Waals surface area contributed by atoms with E-state index >= 15 is 0 Å². The number of hydrogen-bond acceptors (Lipinski definition) is 7. The van der Waals surface area contributed by atoms with Crippen LogP contribution < -0.4 is 10.6 Å². The highest BCUT2D eigenvalue weighted by molar-refractivity contribution is 5.62. The largest absolute Gasteiger partial charge is 0.391 e. The van der Waals surface area contributed by atoms with E-state index in [9.17, 15) is 15.2 Å². The number of aliphatic hydroxyl groups excluding tert-OH is 1. The molecule has 0 spiro atoms. The molecule has 1 aromatic heterocycles. The average Bonchev–Trinajstić information content (AvgIpc) is 2.62. The van der Waals surface area contributed by atoms with Gasteiger partial charge in [-0.05, 0) is 13.3 Å². The van der Waals surface area contributed by atoms with E-state index in [4.69, 9.17) is 5.73 Å². The van der Waals surface area contributed by atoms with Crippen molar-refractivity contribution in [1.82, 2.24) is 9.97 Å². The normalized spacial score (nSPS) is 19.6. The predicted molar refractivity (Wildman–Crippen MR) is 60.7 cm³/mol. The second-order valence-corrected chi connectivity index (χ2v) is 3.99. The topological polar surface area (TPSA) is 118 Å². The third-order valence-electron chi connectivity index (χ3n) is 2.70. The second-order valence-electron chi connectivity index (χ2n) is 3.99. The Bertz CT molecular complexity index is 464. The summed E-state index contributed by atoms with van der Waals surface area (Å²) in [5.41, 5.74) is 5.59. The first kappa shape index (κ1) is 11.5. The van der Waals surface area contributed by atoms with Crippen LogP contribution >= 0.6 is 0 Å². The molecule has 8 heteroatoms. The Kier molecular flexibility index (Phi) is 2.80. The van der Waals surface area contributed by atoms with Gasteiger partial charge in [0.15, 0.2) is 0 Å². The van der Waals surface area contributed by atoms with Gasteiger partial charge in [-0.25, -0.2) is 4.98 Å². The smallest absolute Gasteiger partial charge is 0.332 e. The van der Waals surface area contributed by atoms with Crippen LogP contribution in [0.5, 0.6) is 0 Å². The molecule has 0 aliphatic carbocycles. The van der Waals surface area contributed by atoms with Gasteiger partial charge in [0.1, 0.15) is 5.69 Å². The zero-order valence-corrected chi connectivity index (χ0v) is 9.33. The summed E-state index contributed by atoms with van der Waals surface area (Å²) in [4.78, 5) is 19.8. The molecule has 0 amide bonds. The second kappa shape index (κ2) is 4.13. The van der Waals surface area contributed by atoms with Crippen LogP contribution in [0.15, 0.2) is 0 Å². The molecular formula is C9H13N5O3. The lowest BCUT2D eigenvalue weighted by molar-refractivity contribution is -0.385. The van der Waals surface area contributed by atoms with Crippen molar-refractivity contribution in [2.75, 3.05) is 23.7 Å². The molecule has 8 nitrogen and oxygen atoms in total. The molecule has 2 rings (SSSR count). The van der Waals surface area contributed by atoms with Crippen molar-refractivity contribution in [3.63, 3.8) is 0 Å². The first-order valence-electron chi connectivity index (χ1n) is 5.20. The van der Waals surface area contributed by atoms with Crippen LogP contribution in [0.25, 0.3) is 0 Å². The van der Waals surface area contributed by atoms with E-state index in [1.165, 1.54) is 6.92 Å². The van der Waals surface area contributed by atoms with Gasteiger partial charge in [0.25, 0.3) is 0 Å². The van der Waals surface area contributed by atoms with E-state index in [-0.39, 0.29) is 23.1 Å². The molecule has 1 aliphatic heterocycles. The molecule has 0 radical (unpaired) electrons. The van der Waals surface area contributed by atoms with Crippen molar-refractivity contribution >= 4 is 17.5 Å². The maximum Gasteiger partial charge on any atom is 0.332 e. The molecule has 1 atom stereocenters. The molecule has 2 heterocycles. The number of nitrogens with two attached hydrogens (primary N) is 1. The Labute approximate surface area is 97.2 Å². The summed E-state index contributed by atoms with van der Waals surface area (Å²) >= 11 is 0. The van der Waals surface area contributed by atoms with Crippen LogP contribution in [0.3, 0.4) is 0 Å². The van der Waals surface area contributed by atoms with Crippen molar-refractivity contribution in [3.8, 4) is 0 Å². The van der Waals surface area contributed by atoms with Crippen LogP contribution in [0, 0.1) is 17.0 Å². The van der Waals surface area contributed by atoms with Crippen LogP contribution in [0.4, 0.5) is 17.5 Å². The lowest BCUT2D eigenvalue weighted by Crippen LogP contribution is -2.24. The van der Waals surface area contributed by atoms with Gasteiger partial charge in [0.2, 0.25) is 11.8 Å². The van der Waals surface area contributed by atoms with Crippen molar-refractivity contribution in [2.45, 2.75) is 19.4 Å².